The molecule has 1 saturated heterocycles. The van der Waals surface area contributed by atoms with Crippen LogP contribution < -0.4 is 0 Å². The number of ether oxygens (including phenoxy) is 1. The number of aromatic amines is 1. The Balaban J connectivity index is 1.71. The summed E-state index contributed by atoms with van der Waals surface area (Å²) in [4.78, 5) is 19.0. The van der Waals surface area contributed by atoms with Gasteiger partial charge in [-0.05, 0) is 20.8 Å². The SMILES string of the molecule is Cc1cn(C)c([C@@H]2CN(C(=O)Cc3c(C)n[nH]c3C)CCO2)n1. The highest BCUT2D eigenvalue weighted by atomic mass is 16.5. The van der Waals surface area contributed by atoms with Crippen molar-refractivity contribution in [2.75, 3.05) is 19.7 Å². The maximum absolute atomic E-state index is 12.6. The first kappa shape index (κ1) is 15.7. The molecule has 3 rings (SSSR count). The van der Waals surface area contributed by atoms with Crippen molar-refractivity contribution < 1.29 is 9.53 Å². The van der Waals surface area contributed by atoms with Gasteiger partial charge >= 0.3 is 0 Å². The van der Waals surface area contributed by atoms with Gasteiger partial charge in [-0.15, -0.1) is 0 Å². The Morgan fingerprint density at radius 2 is 2.22 bits per heavy atom. The highest BCUT2D eigenvalue weighted by Crippen LogP contribution is 2.22. The van der Waals surface area contributed by atoms with Crippen LogP contribution in [0.15, 0.2) is 6.20 Å². The van der Waals surface area contributed by atoms with Crippen LogP contribution in [0.2, 0.25) is 0 Å². The molecular weight excluding hydrogens is 294 g/mol. The number of nitrogens with zero attached hydrogens (tertiary/aromatic N) is 4. The second-order valence-electron chi connectivity index (χ2n) is 6.14. The molecule has 3 heterocycles. The zero-order valence-electron chi connectivity index (χ0n) is 14.1. The number of hydrogen-bond donors (Lipinski definition) is 1. The smallest absolute Gasteiger partial charge is 0.227 e. The molecule has 1 atom stereocenters. The van der Waals surface area contributed by atoms with Crippen molar-refractivity contribution in [1.29, 1.82) is 0 Å². The highest BCUT2D eigenvalue weighted by molar-refractivity contribution is 5.79. The fraction of sp³-hybridized carbons (Fsp3) is 0.562. The molecule has 23 heavy (non-hydrogen) atoms. The Labute approximate surface area is 135 Å². The number of H-pyrrole nitrogens is 1. The number of carbonyl (C=O) groups excluding carboxylic acids is 1. The molecule has 1 N–H and O–H groups in total. The minimum absolute atomic E-state index is 0.108. The predicted octanol–water partition coefficient (Wildman–Crippen LogP) is 1.21. The molecule has 1 aliphatic heterocycles. The predicted molar refractivity (Wildman–Crippen MR) is 85.0 cm³/mol. The fourth-order valence-corrected chi connectivity index (χ4v) is 3.06. The van der Waals surface area contributed by atoms with E-state index in [1.54, 1.807) is 0 Å². The molecule has 0 spiro atoms. The van der Waals surface area contributed by atoms with E-state index in [9.17, 15) is 4.79 Å². The Kier molecular flexibility index (Phi) is 4.21. The summed E-state index contributed by atoms with van der Waals surface area (Å²) in [6.45, 7) is 7.52. The fourth-order valence-electron chi connectivity index (χ4n) is 3.06. The standard InChI is InChI=1S/C16H23N5O2/c1-10-8-20(4)16(17-10)14-9-21(5-6-23-14)15(22)7-13-11(2)18-19-12(13)3/h8,14H,5-7,9H2,1-4H3,(H,18,19)/t14-/m0/s1. The summed E-state index contributed by atoms with van der Waals surface area (Å²) < 4.78 is 7.80. The van der Waals surface area contributed by atoms with Crippen molar-refractivity contribution in [3.05, 3.63) is 34.7 Å². The zero-order chi connectivity index (χ0) is 16.6. The lowest BCUT2D eigenvalue weighted by atomic mass is 10.1. The average molecular weight is 317 g/mol. The molecule has 0 aromatic carbocycles. The molecule has 1 amide bonds. The first-order chi connectivity index (χ1) is 11.0. The van der Waals surface area contributed by atoms with Gasteiger partial charge in [0.15, 0.2) is 0 Å². The number of imidazole rings is 1. The van der Waals surface area contributed by atoms with Crippen molar-refractivity contribution in [3.8, 4) is 0 Å². The lowest BCUT2D eigenvalue weighted by Crippen LogP contribution is -2.43. The van der Waals surface area contributed by atoms with Gasteiger partial charge in [-0.25, -0.2) is 4.98 Å². The molecule has 1 aliphatic rings. The van der Waals surface area contributed by atoms with E-state index >= 15 is 0 Å². The third kappa shape index (κ3) is 3.14. The van der Waals surface area contributed by atoms with Gasteiger partial charge in [0.25, 0.3) is 0 Å². The largest absolute Gasteiger partial charge is 0.367 e. The number of nitrogens with one attached hydrogen (secondary N) is 1. The molecule has 2 aromatic rings. The first-order valence-electron chi connectivity index (χ1n) is 7.85. The van der Waals surface area contributed by atoms with Crippen LogP contribution in [0, 0.1) is 20.8 Å². The quantitative estimate of drug-likeness (QED) is 0.923. The van der Waals surface area contributed by atoms with Gasteiger partial charge in [-0.3, -0.25) is 9.89 Å². The molecule has 0 bridgehead atoms. The van der Waals surface area contributed by atoms with Crippen LogP contribution in [0.4, 0.5) is 0 Å². The van der Waals surface area contributed by atoms with Crippen molar-refractivity contribution in [3.63, 3.8) is 0 Å². The van der Waals surface area contributed by atoms with Crippen molar-refractivity contribution in [2.24, 2.45) is 7.05 Å². The Morgan fingerprint density at radius 1 is 1.43 bits per heavy atom. The lowest BCUT2D eigenvalue weighted by molar-refractivity contribution is -0.138. The van der Waals surface area contributed by atoms with E-state index in [2.05, 4.69) is 15.2 Å². The van der Waals surface area contributed by atoms with Crippen LogP contribution in [-0.2, 0) is 23.0 Å². The molecule has 0 radical (unpaired) electrons. The second kappa shape index (κ2) is 6.16. The molecule has 0 saturated carbocycles. The zero-order valence-corrected chi connectivity index (χ0v) is 14.1. The van der Waals surface area contributed by atoms with E-state index in [4.69, 9.17) is 4.74 Å². The van der Waals surface area contributed by atoms with Crippen LogP contribution in [0.1, 0.15) is 34.6 Å². The van der Waals surface area contributed by atoms with Gasteiger partial charge in [-0.1, -0.05) is 0 Å². The average Bonchev–Trinajstić information content (AvgIpc) is 3.03. The van der Waals surface area contributed by atoms with Gasteiger partial charge in [0.1, 0.15) is 11.9 Å². The van der Waals surface area contributed by atoms with Crippen LogP contribution in [0.3, 0.4) is 0 Å². The maximum Gasteiger partial charge on any atom is 0.227 e. The van der Waals surface area contributed by atoms with E-state index < -0.39 is 0 Å². The number of hydrogen-bond acceptors (Lipinski definition) is 4. The molecule has 1 fully saturated rings. The summed E-state index contributed by atoms with van der Waals surface area (Å²) in [7, 11) is 1.96. The summed E-state index contributed by atoms with van der Waals surface area (Å²) in [5.41, 5.74) is 3.80. The van der Waals surface area contributed by atoms with E-state index in [1.165, 1.54) is 0 Å². The summed E-state index contributed by atoms with van der Waals surface area (Å²) in [5.74, 6) is 0.979. The summed E-state index contributed by atoms with van der Waals surface area (Å²) in [6, 6.07) is 0. The third-order valence-corrected chi connectivity index (χ3v) is 4.35. The number of morpholine rings is 1. The molecule has 124 valence electrons. The van der Waals surface area contributed by atoms with Crippen molar-refractivity contribution >= 4 is 5.91 Å². The van der Waals surface area contributed by atoms with Crippen LogP contribution in [-0.4, -0.2) is 50.3 Å². The monoisotopic (exact) mass is 317 g/mol. The van der Waals surface area contributed by atoms with Gasteiger partial charge in [0.05, 0.1) is 31.0 Å². The summed E-state index contributed by atoms with van der Waals surface area (Å²) in [5, 5.41) is 7.09. The highest BCUT2D eigenvalue weighted by Gasteiger charge is 2.28. The first-order valence-corrected chi connectivity index (χ1v) is 7.85. The minimum atomic E-state index is -0.169. The molecular formula is C16H23N5O2. The number of amides is 1. The van der Waals surface area contributed by atoms with Crippen LogP contribution in [0.25, 0.3) is 0 Å². The third-order valence-electron chi connectivity index (χ3n) is 4.35. The molecule has 2 aromatic heterocycles. The van der Waals surface area contributed by atoms with Gasteiger partial charge in [0.2, 0.25) is 5.91 Å². The number of rotatable bonds is 3. The Bertz CT molecular complexity index is 699. The Morgan fingerprint density at radius 3 is 2.83 bits per heavy atom. The molecule has 7 heteroatoms. The van der Waals surface area contributed by atoms with Gasteiger partial charge < -0.3 is 14.2 Å². The second-order valence-corrected chi connectivity index (χ2v) is 6.14. The number of carbonyl (C=O) groups is 1. The van der Waals surface area contributed by atoms with E-state index in [0.717, 1.165) is 28.5 Å². The number of aryl methyl sites for hydroxylation is 4. The number of aromatic nitrogens is 4. The summed E-state index contributed by atoms with van der Waals surface area (Å²) >= 11 is 0. The van der Waals surface area contributed by atoms with E-state index in [-0.39, 0.29) is 12.0 Å². The van der Waals surface area contributed by atoms with Crippen LogP contribution in [0.5, 0.6) is 0 Å². The molecule has 0 unspecified atom stereocenters. The normalized spacial score (nSPS) is 18.4. The Hall–Kier alpha value is -2.15. The minimum Gasteiger partial charge on any atom is -0.367 e. The topological polar surface area (TPSA) is 76.0 Å². The van der Waals surface area contributed by atoms with Gasteiger partial charge in [0, 0.05) is 31.0 Å². The maximum atomic E-state index is 12.6. The van der Waals surface area contributed by atoms with Crippen LogP contribution >= 0.6 is 0 Å². The van der Waals surface area contributed by atoms with E-state index in [0.29, 0.717) is 26.1 Å². The van der Waals surface area contributed by atoms with Gasteiger partial charge in [-0.2, -0.15) is 5.10 Å². The molecule has 7 nitrogen and oxygen atoms in total. The van der Waals surface area contributed by atoms with Crippen molar-refractivity contribution in [1.82, 2.24) is 24.6 Å². The lowest BCUT2D eigenvalue weighted by Gasteiger charge is -2.32. The molecule has 0 aliphatic carbocycles. The van der Waals surface area contributed by atoms with Crippen molar-refractivity contribution in [2.45, 2.75) is 33.3 Å². The summed E-state index contributed by atoms with van der Waals surface area (Å²) in [6.07, 6.45) is 2.18. The van der Waals surface area contributed by atoms with E-state index in [1.807, 2.05) is 43.5 Å².